The molecule has 7 heteroatoms. The Hall–Kier alpha value is -2.49. The van der Waals surface area contributed by atoms with Crippen molar-refractivity contribution in [3.8, 4) is 23.8 Å². The van der Waals surface area contributed by atoms with Crippen LogP contribution < -0.4 is 24.2 Å². The van der Waals surface area contributed by atoms with E-state index in [-0.39, 0.29) is 17.9 Å². The minimum atomic E-state index is -0.514. The fourth-order valence-corrected chi connectivity index (χ4v) is 3.25. The molecule has 0 atom stereocenters. The Balaban J connectivity index is 2.50. The van der Waals surface area contributed by atoms with Gasteiger partial charge >= 0.3 is 0 Å². The summed E-state index contributed by atoms with van der Waals surface area (Å²) >= 11 is 7.45. The summed E-state index contributed by atoms with van der Waals surface area (Å²) in [6.07, 6.45) is 8.32. The summed E-state index contributed by atoms with van der Waals surface area (Å²) in [4.78, 5) is 27.0. The van der Waals surface area contributed by atoms with Gasteiger partial charge in [0.15, 0.2) is 17.3 Å². The molecule has 0 aliphatic rings. The second-order valence-corrected chi connectivity index (χ2v) is 8.21. The molecule has 27 heavy (non-hydrogen) atoms. The highest BCUT2D eigenvalue weighted by atomic mass is 35.5. The first kappa shape index (κ1) is 20.8. The summed E-state index contributed by atoms with van der Waals surface area (Å²) in [6.45, 7) is 5.53. The number of carbonyl (C=O) groups excluding carboxylic acids is 1. The predicted octanol–water partition coefficient (Wildman–Crippen LogP) is 2.33. The van der Waals surface area contributed by atoms with Gasteiger partial charge in [0, 0.05) is 11.5 Å². The van der Waals surface area contributed by atoms with Crippen molar-refractivity contribution in [3.05, 3.63) is 42.3 Å². The van der Waals surface area contributed by atoms with Gasteiger partial charge in [0.1, 0.15) is 6.61 Å². The summed E-state index contributed by atoms with van der Waals surface area (Å²) in [5.41, 5.74) is -0.137. The molecule has 1 aromatic carbocycles. The van der Waals surface area contributed by atoms with Crippen LogP contribution in [0.4, 0.5) is 0 Å². The summed E-state index contributed by atoms with van der Waals surface area (Å²) in [6, 6.07) is 3.35. The van der Waals surface area contributed by atoms with Crippen LogP contribution in [0.3, 0.4) is 0 Å². The third-order valence-corrected chi connectivity index (χ3v) is 4.77. The molecular weight excluding hydrogens is 386 g/mol. The van der Waals surface area contributed by atoms with Gasteiger partial charge in [-0.2, -0.15) is 0 Å². The molecule has 0 fully saturated rings. The Morgan fingerprint density at radius 2 is 2.11 bits per heavy atom. The quantitative estimate of drug-likeness (QED) is 0.775. The molecule has 1 N–H and O–H groups in total. The van der Waals surface area contributed by atoms with Crippen LogP contribution in [0.2, 0.25) is 5.02 Å². The average Bonchev–Trinajstić information content (AvgIpc) is 2.91. The molecule has 2 rings (SSSR count). The number of benzene rings is 1. The SMILES string of the molecule is C#CCOc1c(Cl)cc(C=c2sc(=CC(=O)C(C)(C)C)[nH]c2=O)cc1OC. The minimum absolute atomic E-state index is 0.0603. The summed E-state index contributed by atoms with van der Waals surface area (Å²) < 4.78 is 11.6. The van der Waals surface area contributed by atoms with Crippen molar-refractivity contribution in [3.63, 3.8) is 0 Å². The van der Waals surface area contributed by atoms with E-state index >= 15 is 0 Å². The minimum Gasteiger partial charge on any atom is -0.493 e. The number of methoxy groups -OCH3 is 1. The first-order valence-electron chi connectivity index (χ1n) is 8.06. The van der Waals surface area contributed by atoms with Crippen molar-refractivity contribution >= 4 is 40.9 Å². The smallest absolute Gasteiger partial charge is 0.266 e. The van der Waals surface area contributed by atoms with Crippen LogP contribution in [-0.4, -0.2) is 24.5 Å². The Kier molecular flexibility index (Phi) is 6.53. The van der Waals surface area contributed by atoms with E-state index in [0.29, 0.717) is 31.3 Å². The number of thiazole rings is 1. The molecule has 1 heterocycles. The van der Waals surface area contributed by atoms with E-state index in [1.165, 1.54) is 24.5 Å². The lowest BCUT2D eigenvalue weighted by Gasteiger charge is -2.12. The zero-order valence-electron chi connectivity index (χ0n) is 15.5. The van der Waals surface area contributed by atoms with Crippen LogP contribution in [0.15, 0.2) is 16.9 Å². The molecule has 0 saturated carbocycles. The Morgan fingerprint density at radius 3 is 2.70 bits per heavy atom. The number of Topliss-reactive ketones (excluding diaryl/α,β-unsaturated/α-hetero) is 1. The fourth-order valence-electron chi connectivity index (χ4n) is 2.09. The monoisotopic (exact) mass is 405 g/mol. The van der Waals surface area contributed by atoms with Gasteiger partial charge in [0.2, 0.25) is 0 Å². The molecule has 0 bridgehead atoms. The van der Waals surface area contributed by atoms with Crippen LogP contribution in [0, 0.1) is 17.8 Å². The molecule has 0 amide bonds. The molecular formula is C20H20ClNO4S. The normalized spacial score (nSPS) is 12.7. The lowest BCUT2D eigenvalue weighted by Crippen LogP contribution is -2.22. The van der Waals surface area contributed by atoms with Gasteiger partial charge in [0.05, 0.1) is 21.3 Å². The van der Waals surface area contributed by atoms with Gasteiger partial charge in [0.25, 0.3) is 5.56 Å². The third kappa shape index (κ3) is 5.25. The molecule has 0 saturated heterocycles. The number of hydrogen-bond donors (Lipinski definition) is 1. The zero-order valence-corrected chi connectivity index (χ0v) is 17.1. The molecule has 0 radical (unpaired) electrons. The summed E-state index contributed by atoms with van der Waals surface area (Å²) in [7, 11) is 1.49. The predicted molar refractivity (Wildman–Crippen MR) is 109 cm³/mol. The van der Waals surface area contributed by atoms with Crippen molar-refractivity contribution in [1.82, 2.24) is 4.98 Å². The molecule has 1 aromatic heterocycles. The number of ketones is 1. The number of nitrogens with one attached hydrogen (secondary N) is 1. The number of hydrogen-bond acceptors (Lipinski definition) is 5. The van der Waals surface area contributed by atoms with Gasteiger partial charge in [-0.25, -0.2) is 0 Å². The molecule has 0 aliphatic heterocycles. The number of halogens is 1. The van der Waals surface area contributed by atoms with E-state index in [1.54, 1.807) is 18.2 Å². The van der Waals surface area contributed by atoms with Gasteiger partial charge < -0.3 is 14.5 Å². The Labute approximate surface area is 166 Å². The zero-order chi connectivity index (χ0) is 20.2. The van der Waals surface area contributed by atoms with Crippen LogP contribution in [0.1, 0.15) is 26.3 Å². The number of rotatable bonds is 5. The maximum Gasteiger partial charge on any atom is 0.266 e. The maximum absolute atomic E-state index is 12.2. The molecule has 0 unspecified atom stereocenters. The first-order chi connectivity index (χ1) is 12.7. The van der Waals surface area contributed by atoms with Gasteiger partial charge in [-0.05, 0) is 23.8 Å². The van der Waals surface area contributed by atoms with Crippen LogP contribution in [0.25, 0.3) is 12.2 Å². The number of aromatic nitrogens is 1. The van der Waals surface area contributed by atoms with E-state index in [9.17, 15) is 9.59 Å². The molecule has 2 aromatic rings. The fraction of sp³-hybridized carbons (Fsp3) is 0.300. The van der Waals surface area contributed by atoms with Gasteiger partial charge in [-0.3, -0.25) is 9.59 Å². The first-order valence-corrected chi connectivity index (χ1v) is 9.26. The number of H-pyrrole nitrogens is 1. The lowest BCUT2D eigenvalue weighted by molar-refractivity contribution is -0.119. The van der Waals surface area contributed by atoms with Crippen molar-refractivity contribution in [2.24, 2.45) is 5.41 Å². The molecule has 5 nitrogen and oxygen atoms in total. The van der Waals surface area contributed by atoms with Crippen molar-refractivity contribution < 1.29 is 14.3 Å². The van der Waals surface area contributed by atoms with Crippen molar-refractivity contribution in [2.75, 3.05) is 13.7 Å². The van der Waals surface area contributed by atoms with E-state index in [2.05, 4.69) is 10.9 Å². The second-order valence-electron chi connectivity index (χ2n) is 6.71. The van der Waals surface area contributed by atoms with Gasteiger partial charge in [-0.1, -0.05) is 38.3 Å². The highest BCUT2D eigenvalue weighted by molar-refractivity contribution is 7.07. The molecule has 0 spiro atoms. The van der Waals surface area contributed by atoms with E-state index < -0.39 is 5.41 Å². The Morgan fingerprint density at radius 1 is 1.41 bits per heavy atom. The summed E-state index contributed by atoms with van der Waals surface area (Å²) in [5.74, 6) is 3.06. The standard InChI is InChI=1S/C20H20ClNO4S/c1-6-7-26-18-13(21)8-12(9-14(18)25-5)10-15-19(24)22-17(27-15)11-16(23)20(2,3)4/h1,8-11H,7H2,2-5H3,(H,22,24). The average molecular weight is 406 g/mol. The largest absolute Gasteiger partial charge is 0.493 e. The van der Waals surface area contributed by atoms with Crippen LogP contribution in [-0.2, 0) is 4.79 Å². The summed E-state index contributed by atoms with van der Waals surface area (Å²) in [5, 5.41) is 0.318. The second kappa shape index (κ2) is 8.47. The molecule has 142 valence electrons. The lowest BCUT2D eigenvalue weighted by atomic mass is 9.91. The van der Waals surface area contributed by atoms with E-state index in [0.717, 1.165) is 0 Å². The number of ether oxygens (including phenoxy) is 2. The topological polar surface area (TPSA) is 68.4 Å². The highest BCUT2D eigenvalue weighted by Crippen LogP contribution is 2.36. The number of terminal acetylenes is 1. The van der Waals surface area contributed by atoms with Crippen LogP contribution in [0.5, 0.6) is 11.5 Å². The maximum atomic E-state index is 12.2. The van der Waals surface area contributed by atoms with E-state index in [1.807, 2.05) is 20.8 Å². The number of aromatic amines is 1. The van der Waals surface area contributed by atoms with Crippen molar-refractivity contribution in [2.45, 2.75) is 20.8 Å². The van der Waals surface area contributed by atoms with E-state index in [4.69, 9.17) is 27.5 Å². The van der Waals surface area contributed by atoms with Gasteiger partial charge in [-0.15, -0.1) is 17.8 Å². The third-order valence-electron chi connectivity index (χ3n) is 3.53. The number of carbonyl (C=O) groups is 1. The molecule has 0 aliphatic carbocycles. The van der Waals surface area contributed by atoms with Crippen molar-refractivity contribution in [1.29, 1.82) is 0 Å². The van der Waals surface area contributed by atoms with Crippen LogP contribution >= 0.6 is 22.9 Å². The highest BCUT2D eigenvalue weighted by Gasteiger charge is 2.18. The Bertz CT molecular complexity index is 1070.